The average Bonchev–Trinajstić information content (AvgIpc) is 2.63. The van der Waals surface area contributed by atoms with Gasteiger partial charge in [-0.15, -0.1) is 0 Å². The third-order valence-electron chi connectivity index (χ3n) is 4.46. The van der Waals surface area contributed by atoms with E-state index in [9.17, 15) is 15.0 Å². The maximum Gasteiger partial charge on any atom is 0.251 e. The van der Waals surface area contributed by atoms with Gasteiger partial charge < -0.3 is 20.8 Å². The van der Waals surface area contributed by atoms with Gasteiger partial charge in [-0.3, -0.25) is 4.79 Å². The molecule has 2 aromatic rings. The van der Waals surface area contributed by atoms with E-state index in [1.54, 1.807) is 24.3 Å². The predicted molar refractivity (Wildman–Crippen MR) is 97.9 cm³/mol. The van der Waals surface area contributed by atoms with Crippen LogP contribution in [-0.2, 0) is 0 Å². The van der Waals surface area contributed by atoms with Crippen molar-refractivity contribution in [3.63, 3.8) is 0 Å². The van der Waals surface area contributed by atoms with Crippen molar-refractivity contribution in [2.45, 2.75) is 18.4 Å². The van der Waals surface area contributed by atoms with E-state index in [1.165, 1.54) is 6.07 Å². The minimum Gasteiger partial charge on any atom is -0.506 e. The zero-order valence-electron chi connectivity index (χ0n) is 13.8. The summed E-state index contributed by atoms with van der Waals surface area (Å²) in [5, 5.41) is 26.1. The molecule has 2 aromatic carbocycles. The molecule has 0 aliphatic carbocycles. The lowest BCUT2D eigenvalue weighted by Crippen LogP contribution is -2.52. The first-order valence-electron chi connectivity index (χ1n) is 8.27. The summed E-state index contributed by atoms with van der Waals surface area (Å²) in [6, 6.07) is 12.1. The third-order valence-corrected chi connectivity index (χ3v) is 4.76. The Morgan fingerprint density at radius 2 is 1.92 bits per heavy atom. The number of β-amino-alcohol motifs (C(OH)–C–C–N with tert-alkyl or cyclic N) is 1. The number of piperidine rings is 1. The number of hydrogen-bond donors (Lipinski definition) is 4. The van der Waals surface area contributed by atoms with Crippen LogP contribution in [0.15, 0.2) is 42.5 Å². The zero-order valence-corrected chi connectivity index (χ0v) is 14.5. The first-order valence-corrected chi connectivity index (χ1v) is 8.65. The van der Waals surface area contributed by atoms with Gasteiger partial charge in [0.05, 0.1) is 10.6 Å². The summed E-state index contributed by atoms with van der Waals surface area (Å²) < 4.78 is 0. The molecule has 4 N–H and O–H groups in total. The Bertz CT molecular complexity index is 756. The minimum atomic E-state index is -0.878. The molecule has 1 atom stereocenters. The summed E-state index contributed by atoms with van der Waals surface area (Å²) in [5.41, 5.74) is 1.41. The van der Waals surface area contributed by atoms with Crippen LogP contribution in [-0.4, -0.2) is 41.4 Å². The van der Waals surface area contributed by atoms with E-state index >= 15 is 0 Å². The fourth-order valence-corrected chi connectivity index (χ4v) is 3.13. The van der Waals surface area contributed by atoms with E-state index in [2.05, 4.69) is 10.6 Å². The second-order valence-electron chi connectivity index (χ2n) is 6.43. The summed E-state index contributed by atoms with van der Waals surface area (Å²) in [7, 11) is 0. The molecular formula is C19H21ClN2O3. The van der Waals surface area contributed by atoms with Gasteiger partial charge in [0.15, 0.2) is 0 Å². The number of carbonyl (C=O) groups excluding carboxylic acids is 1. The Hall–Kier alpha value is -2.08. The number of phenolic OH excluding ortho intramolecular Hbond substituents is 1. The van der Waals surface area contributed by atoms with Gasteiger partial charge >= 0.3 is 0 Å². The highest BCUT2D eigenvalue weighted by molar-refractivity contribution is 6.32. The van der Waals surface area contributed by atoms with Gasteiger partial charge in [-0.1, -0.05) is 29.8 Å². The maximum atomic E-state index is 12.3. The molecule has 1 fully saturated rings. The van der Waals surface area contributed by atoms with Gasteiger partial charge in [-0.2, -0.15) is 0 Å². The Morgan fingerprint density at radius 3 is 2.56 bits per heavy atom. The number of amides is 1. The van der Waals surface area contributed by atoms with Gasteiger partial charge in [0.2, 0.25) is 0 Å². The van der Waals surface area contributed by atoms with E-state index in [0.29, 0.717) is 18.5 Å². The van der Waals surface area contributed by atoms with Gasteiger partial charge in [0.1, 0.15) is 5.75 Å². The molecule has 0 aromatic heterocycles. The van der Waals surface area contributed by atoms with Crippen molar-refractivity contribution >= 4 is 17.5 Å². The van der Waals surface area contributed by atoms with Crippen LogP contribution in [0, 0.1) is 0 Å². The monoisotopic (exact) mass is 360 g/mol. The fraction of sp³-hybridized carbons (Fsp3) is 0.316. The van der Waals surface area contributed by atoms with Crippen molar-refractivity contribution in [1.82, 2.24) is 10.6 Å². The van der Waals surface area contributed by atoms with Gasteiger partial charge in [0.25, 0.3) is 5.91 Å². The van der Waals surface area contributed by atoms with Crippen LogP contribution in [0.1, 0.15) is 23.2 Å². The highest BCUT2D eigenvalue weighted by Gasteiger charge is 2.29. The summed E-state index contributed by atoms with van der Waals surface area (Å²) in [6.45, 7) is 1.63. The van der Waals surface area contributed by atoms with E-state index in [-0.39, 0.29) is 23.2 Å². The lowest BCUT2D eigenvalue weighted by atomic mass is 9.94. The molecule has 132 valence electrons. The molecule has 0 spiro atoms. The SMILES string of the molecule is O=C(NC[C@]1(O)CCCNC1)c1ccc(-c2ccc(O)c(Cl)c2)cc1. The van der Waals surface area contributed by atoms with Crippen molar-refractivity contribution in [3.05, 3.63) is 53.1 Å². The fourth-order valence-electron chi connectivity index (χ4n) is 2.95. The number of phenols is 1. The summed E-state index contributed by atoms with van der Waals surface area (Å²) >= 11 is 5.93. The van der Waals surface area contributed by atoms with Crippen LogP contribution in [0.5, 0.6) is 5.75 Å². The van der Waals surface area contributed by atoms with Gasteiger partial charge in [0, 0.05) is 18.7 Å². The topological polar surface area (TPSA) is 81.6 Å². The molecule has 0 radical (unpaired) electrons. The summed E-state index contributed by atoms with van der Waals surface area (Å²) in [6.07, 6.45) is 1.58. The molecule has 1 aliphatic rings. The van der Waals surface area contributed by atoms with E-state index in [1.807, 2.05) is 12.1 Å². The summed E-state index contributed by atoms with van der Waals surface area (Å²) in [5.74, 6) is -0.175. The molecule has 0 unspecified atom stereocenters. The molecule has 1 heterocycles. The highest BCUT2D eigenvalue weighted by atomic mass is 35.5. The molecule has 1 saturated heterocycles. The van der Waals surface area contributed by atoms with Crippen LogP contribution in [0.4, 0.5) is 0 Å². The first-order chi connectivity index (χ1) is 12.0. The van der Waals surface area contributed by atoms with Gasteiger partial charge in [-0.25, -0.2) is 0 Å². The number of aliphatic hydroxyl groups is 1. The standard InChI is InChI=1S/C19H21ClN2O3/c20-16-10-15(6-7-17(16)23)13-2-4-14(5-3-13)18(24)22-12-19(25)8-1-9-21-11-19/h2-7,10,21,23,25H,1,8-9,11-12H2,(H,22,24)/t19-/m0/s1. The number of nitrogens with one attached hydrogen (secondary N) is 2. The van der Waals surface area contributed by atoms with Crippen LogP contribution in [0.3, 0.4) is 0 Å². The highest BCUT2D eigenvalue weighted by Crippen LogP contribution is 2.29. The van der Waals surface area contributed by atoms with Gasteiger partial charge in [-0.05, 0) is 54.8 Å². The quantitative estimate of drug-likeness (QED) is 0.675. The molecule has 3 rings (SSSR count). The largest absolute Gasteiger partial charge is 0.506 e. The second kappa shape index (κ2) is 7.44. The van der Waals surface area contributed by atoms with Crippen molar-refractivity contribution in [3.8, 4) is 16.9 Å². The van der Waals surface area contributed by atoms with Crippen LogP contribution >= 0.6 is 11.6 Å². The smallest absolute Gasteiger partial charge is 0.251 e. The molecule has 1 amide bonds. The van der Waals surface area contributed by atoms with E-state index in [0.717, 1.165) is 24.1 Å². The normalized spacial score (nSPS) is 20.2. The lowest BCUT2D eigenvalue weighted by Gasteiger charge is -2.32. The van der Waals surface area contributed by atoms with Crippen molar-refractivity contribution < 1.29 is 15.0 Å². The molecule has 0 bridgehead atoms. The molecule has 0 saturated carbocycles. The minimum absolute atomic E-state index is 0.0385. The number of hydrogen-bond acceptors (Lipinski definition) is 4. The first kappa shape index (κ1) is 17.7. The van der Waals surface area contributed by atoms with Crippen molar-refractivity contribution in [2.75, 3.05) is 19.6 Å². The average molecular weight is 361 g/mol. The molecule has 6 heteroatoms. The van der Waals surface area contributed by atoms with Crippen LogP contribution in [0.25, 0.3) is 11.1 Å². The van der Waals surface area contributed by atoms with Crippen LogP contribution < -0.4 is 10.6 Å². The van der Waals surface area contributed by atoms with Crippen LogP contribution in [0.2, 0.25) is 5.02 Å². The molecule has 1 aliphatic heterocycles. The lowest BCUT2D eigenvalue weighted by molar-refractivity contribution is 0.0170. The Kier molecular flexibility index (Phi) is 5.27. The molecule has 5 nitrogen and oxygen atoms in total. The van der Waals surface area contributed by atoms with Crippen molar-refractivity contribution in [1.29, 1.82) is 0 Å². The number of rotatable bonds is 4. The third kappa shape index (κ3) is 4.31. The molecule has 25 heavy (non-hydrogen) atoms. The maximum absolute atomic E-state index is 12.3. The Labute approximate surface area is 151 Å². The number of carbonyl (C=O) groups is 1. The van der Waals surface area contributed by atoms with E-state index in [4.69, 9.17) is 11.6 Å². The Balaban J connectivity index is 1.65. The summed E-state index contributed by atoms with van der Waals surface area (Å²) in [4.78, 5) is 12.3. The predicted octanol–water partition coefficient (Wildman–Crippen LogP) is 2.56. The second-order valence-corrected chi connectivity index (χ2v) is 6.84. The van der Waals surface area contributed by atoms with E-state index < -0.39 is 5.60 Å². The zero-order chi connectivity index (χ0) is 17.9. The number of benzene rings is 2. The Morgan fingerprint density at radius 1 is 1.20 bits per heavy atom. The van der Waals surface area contributed by atoms with Crippen molar-refractivity contribution in [2.24, 2.45) is 0 Å². The number of aromatic hydroxyl groups is 1. The molecular weight excluding hydrogens is 340 g/mol. The number of halogens is 1.